The highest BCUT2D eigenvalue weighted by atomic mass is 79.9. The molecule has 0 aliphatic carbocycles. The molecule has 0 bridgehead atoms. The number of benzene rings is 1. The van der Waals surface area contributed by atoms with Crippen LogP contribution in [-0.2, 0) is 0 Å². The van der Waals surface area contributed by atoms with Crippen molar-refractivity contribution >= 4 is 33.3 Å². The number of alkyl halides is 3. The number of aromatic nitrogens is 2. The van der Waals surface area contributed by atoms with Gasteiger partial charge in [0.25, 0.3) is 0 Å². The Bertz CT molecular complexity index is 621. The lowest BCUT2D eigenvalue weighted by molar-refractivity contribution is -0.274. The fraction of sp³-hybridized carbons (Fsp3) is 0.0909. The highest BCUT2D eigenvalue weighted by Gasteiger charge is 2.31. The molecule has 0 fully saturated rings. The van der Waals surface area contributed by atoms with Gasteiger partial charge in [0.2, 0.25) is 0 Å². The zero-order chi connectivity index (χ0) is 14.8. The van der Waals surface area contributed by atoms with E-state index in [2.05, 4.69) is 36.0 Å². The highest BCUT2D eigenvalue weighted by molar-refractivity contribution is 9.10. The third-order valence-electron chi connectivity index (χ3n) is 2.15. The molecule has 3 N–H and O–H groups in total. The molecule has 106 valence electrons. The Morgan fingerprint density at radius 1 is 1.20 bits per heavy atom. The van der Waals surface area contributed by atoms with Crippen LogP contribution in [0, 0.1) is 0 Å². The average molecular weight is 349 g/mol. The van der Waals surface area contributed by atoms with Crippen LogP contribution < -0.4 is 15.8 Å². The predicted octanol–water partition coefficient (Wildman–Crippen LogP) is 3.46. The van der Waals surface area contributed by atoms with Gasteiger partial charge in [0.05, 0.1) is 4.47 Å². The van der Waals surface area contributed by atoms with Crippen LogP contribution >= 0.6 is 15.9 Å². The summed E-state index contributed by atoms with van der Waals surface area (Å²) in [5, 5.41) is 2.84. The van der Waals surface area contributed by atoms with E-state index in [0.29, 0.717) is 11.5 Å². The fourth-order valence-electron chi connectivity index (χ4n) is 1.37. The Kier molecular flexibility index (Phi) is 3.98. The zero-order valence-electron chi connectivity index (χ0n) is 9.78. The second-order valence-corrected chi connectivity index (χ2v) is 4.46. The molecule has 0 aliphatic rings. The third kappa shape index (κ3) is 3.73. The molecule has 0 amide bonds. The van der Waals surface area contributed by atoms with Crippen LogP contribution in [-0.4, -0.2) is 16.3 Å². The van der Waals surface area contributed by atoms with Gasteiger partial charge in [0.1, 0.15) is 5.75 Å². The molecule has 5 nitrogen and oxygen atoms in total. The molecule has 0 unspecified atom stereocenters. The number of nitrogens with zero attached hydrogens (tertiary/aromatic N) is 2. The molecule has 0 aliphatic heterocycles. The van der Waals surface area contributed by atoms with Crippen molar-refractivity contribution in [2.24, 2.45) is 0 Å². The summed E-state index contributed by atoms with van der Waals surface area (Å²) in [4.78, 5) is 7.79. The minimum atomic E-state index is -4.74. The minimum absolute atomic E-state index is 0.141. The van der Waals surface area contributed by atoms with Crippen LogP contribution in [0.4, 0.5) is 30.5 Å². The Labute approximate surface area is 120 Å². The second-order valence-electron chi connectivity index (χ2n) is 3.61. The van der Waals surface area contributed by atoms with E-state index in [4.69, 9.17) is 5.73 Å². The lowest BCUT2D eigenvalue weighted by atomic mass is 10.3. The van der Waals surface area contributed by atoms with Crippen molar-refractivity contribution in [1.82, 2.24) is 9.97 Å². The van der Waals surface area contributed by atoms with Gasteiger partial charge in [-0.25, -0.2) is 9.97 Å². The van der Waals surface area contributed by atoms with Crippen LogP contribution in [0.25, 0.3) is 0 Å². The molecule has 2 rings (SSSR count). The molecule has 1 aromatic heterocycles. The summed E-state index contributed by atoms with van der Waals surface area (Å²) in [6, 6.07) is 3.99. The lowest BCUT2D eigenvalue weighted by Gasteiger charge is -2.12. The Morgan fingerprint density at radius 2 is 1.90 bits per heavy atom. The van der Waals surface area contributed by atoms with E-state index in [0.717, 1.165) is 0 Å². The summed E-state index contributed by atoms with van der Waals surface area (Å²) >= 11 is 3.00. The molecule has 0 atom stereocenters. The van der Waals surface area contributed by atoms with Crippen molar-refractivity contribution < 1.29 is 17.9 Å². The summed E-state index contributed by atoms with van der Waals surface area (Å²) in [6.45, 7) is 0. The Morgan fingerprint density at radius 3 is 2.50 bits per heavy atom. The van der Waals surface area contributed by atoms with E-state index in [9.17, 15) is 13.2 Å². The van der Waals surface area contributed by atoms with Gasteiger partial charge in [0.15, 0.2) is 11.6 Å². The number of halogens is 4. The summed E-state index contributed by atoms with van der Waals surface area (Å²) in [7, 11) is 0. The Hall–Kier alpha value is -2.03. The van der Waals surface area contributed by atoms with Crippen molar-refractivity contribution in [2.75, 3.05) is 11.1 Å². The first-order valence-electron chi connectivity index (χ1n) is 5.24. The molecule has 9 heteroatoms. The van der Waals surface area contributed by atoms with E-state index in [1.54, 1.807) is 0 Å². The highest BCUT2D eigenvalue weighted by Crippen LogP contribution is 2.33. The third-order valence-corrected chi connectivity index (χ3v) is 2.77. The van der Waals surface area contributed by atoms with Gasteiger partial charge < -0.3 is 15.8 Å². The first-order chi connectivity index (χ1) is 9.35. The van der Waals surface area contributed by atoms with Gasteiger partial charge in [-0.2, -0.15) is 0 Å². The maximum Gasteiger partial charge on any atom is 0.573 e. The quantitative estimate of drug-likeness (QED) is 0.888. The number of nitrogen functional groups attached to an aromatic ring is 1. The van der Waals surface area contributed by atoms with Gasteiger partial charge in [0, 0.05) is 18.1 Å². The molecular formula is C11H8BrF3N4O. The van der Waals surface area contributed by atoms with Crippen molar-refractivity contribution in [2.45, 2.75) is 6.36 Å². The van der Waals surface area contributed by atoms with Gasteiger partial charge in [-0.15, -0.1) is 13.2 Å². The molecular weight excluding hydrogens is 341 g/mol. The molecule has 2 aromatic rings. The maximum absolute atomic E-state index is 12.1. The minimum Gasteiger partial charge on any atom is -0.405 e. The lowest BCUT2D eigenvalue weighted by Crippen LogP contribution is -2.17. The molecule has 0 saturated carbocycles. The predicted molar refractivity (Wildman–Crippen MR) is 70.6 cm³/mol. The molecule has 0 radical (unpaired) electrons. The second kappa shape index (κ2) is 5.53. The van der Waals surface area contributed by atoms with Gasteiger partial charge in [-0.1, -0.05) is 0 Å². The summed E-state index contributed by atoms with van der Waals surface area (Å²) in [6.07, 6.45) is -1.88. The number of hydrogen-bond acceptors (Lipinski definition) is 5. The average Bonchev–Trinajstić information content (AvgIpc) is 2.34. The van der Waals surface area contributed by atoms with Crippen LogP contribution in [0.3, 0.4) is 0 Å². The normalized spacial score (nSPS) is 11.2. The van der Waals surface area contributed by atoms with E-state index in [-0.39, 0.29) is 16.0 Å². The van der Waals surface area contributed by atoms with Crippen LogP contribution in [0.5, 0.6) is 5.75 Å². The van der Waals surface area contributed by atoms with Crippen LogP contribution in [0.1, 0.15) is 0 Å². The SMILES string of the molecule is Nc1nccnc1Nc1ccc(OC(F)(F)F)c(Br)c1. The fourth-order valence-corrected chi connectivity index (χ4v) is 1.83. The standard InChI is InChI=1S/C11H8BrF3N4O/c12-7-5-6(1-2-8(7)20-11(13,14)15)19-10-9(16)17-3-4-18-10/h1-5H,(H2,16,17)(H,18,19). The van der Waals surface area contributed by atoms with Crippen LogP contribution in [0.2, 0.25) is 0 Å². The van der Waals surface area contributed by atoms with Gasteiger partial charge >= 0.3 is 6.36 Å². The van der Waals surface area contributed by atoms with Crippen molar-refractivity contribution in [3.63, 3.8) is 0 Å². The first-order valence-corrected chi connectivity index (χ1v) is 6.03. The zero-order valence-corrected chi connectivity index (χ0v) is 11.4. The number of ether oxygens (including phenoxy) is 1. The van der Waals surface area contributed by atoms with E-state index >= 15 is 0 Å². The molecule has 20 heavy (non-hydrogen) atoms. The van der Waals surface area contributed by atoms with E-state index in [1.807, 2.05) is 0 Å². The topological polar surface area (TPSA) is 73.1 Å². The number of nitrogens with one attached hydrogen (secondary N) is 1. The first kappa shape index (κ1) is 14.4. The smallest absolute Gasteiger partial charge is 0.405 e. The van der Waals surface area contributed by atoms with Crippen molar-refractivity contribution in [3.8, 4) is 5.75 Å². The van der Waals surface area contributed by atoms with Gasteiger partial charge in [-0.3, -0.25) is 0 Å². The van der Waals surface area contributed by atoms with E-state index < -0.39 is 6.36 Å². The van der Waals surface area contributed by atoms with Crippen LogP contribution in [0.15, 0.2) is 35.1 Å². The number of anilines is 3. The summed E-state index contributed by atoms with van der Waals surface area (Å²) < 4.78 is 40.4. The molecule has 1 heterocycles. The number of nitrogens with two attached hydrogens (primary N) is 1. The van der Waals surface area contributed by atoms with E-state index in [1.165, 1.54) is 30.6 Å². The number of hydrogen-bond donors (Lipinski definition) is 2. The largest absolute Gasteiger partial charge is 0.573 e. The number of rotatable bonds is 3. The molecule has 0 spiro atoms. The summed E-state index contributed by atoms with van der Waals surface area (Å²) in [5.74, 6) is 0.151. The van der Waals surface area contributed by atoms with Crippen molar-refractivity contribution in [1.29, 1.82) is 0 Å². The van der Waals surface area contributed by atoms with Gasteiger partial charge in [-0.05, 0) is 34.1 Å². The monoisotopic (exact) mass is 348 g/mol. The molecule has 0 saturated heterocycles. The maximum atomic E-state index is 12.1. The van der Waals surface area contributed by atoms with Crippen molar-refractivity contribution in [3.05, 3.63) is 35.1 Å². The summed E-state index contributed by atoms with van der Waals surface area (Å²) in [5.41, 5.74) is 6.08. The Balaban J connectivity index is 2.19. The molecule has 1 aromatic carbocycles.